The first-order valence-corrected chi connectivity index (χ1v) is 7.72. The fourth-order valence-corrected chi connectivity index (χ4v) is 4.67. The molecule has 2 rings (SSSR count). The van der Waals surface area contributed by atoms with Gasteiger partial charge in [0, 0.05) is 0 Å². The third-order valence-corrected chi connectivity index (χ3v) is 6.57. The average molecular weight is 300 g/mol. The topological polar surface area (TPSA) is 60.4 Å². The molecule has 4 nitrogen and oxygen atoms in total. The van der Waals surface area contributed by atoms with Crippen LogP contribution < -0.4 is 0 Å². The van der Waals surface area contributed by atoms with Crippen molar-refractivity contribution in [3.63, 3.8) is 0 Å². The minimum Gasteiger partial charge on any atom is -0.465 e. The van der Waals surface area contributed by atoms with Gasteiger partial charge in [-0.15, -0.1) is 0 Å². The lowest BCUT2D eigenvalue weighted by Gasteiger charge is -2.22. The van der Waals surface area contributed by atoms with Gasteiger partial charge in [-0.2, -0.15) is 13.2 Å². The second-order valence-corrected chi connectivity index (χ2v) is 7.55. The molecule has 0 saturated heterocycles. The Morgan fingerprint density at radius 1 is 1.21 bits per heavy atom. The Hall–Kier alpha value is -0.790. The number of alkyl halides is 3. The largest absolute Gasteiger partial charge is 0.465 e. The second kappa shape index (κ2) is 4.10. The fraction of sp³-hybridized carbons (Fsp3) is 0.909. The Balaban J connectivity index is 2.19. The van der Waals surface area contributed by atoms with Crippen LogP contribution in [0.4, 0.5) is 13.2 Å². The first-order chi connectivity index (χ1) is 8.60. The number of hydrogen-bond acceptors (Lipinski definition) is 4. The van der Waals surface area contributed by atoms with Crippen LogP contribution in [0.2, 0.25) is 0 Å². The highest BCUT2D eigenvalue weighted by molar-refractivity contribution is 7.93. The van der Waals surface area contributed by atoms with Gasteiger partial charge in [-0.05, 0) is 32.6 Å². The van der Waals surface area contributed by atoms with Gasteiger partial charge in [0.1, 0.15) is 0 Å². The molecule has 2 aliphatic rings. The maximum atomic E-state index is 12.8. The van der Waals surface area contributed by atoms with Crippen molar-refractivity contribution in [2.45, 2.75) is 43.5 Å². The van der Waals surface area contributed by atoms with E-state index >= 15 is 0 Å². The maximum Gasteiger partial charge on any atom is 0.395 e. The molecule has 2 fully saturated rings. The molecule has 0 atom stereocenters. The molecule has 0 aromatic carbocycles. The van der Waals surface area contributed by atoms with Gasteiger partial charge in [0.15, 0.2) is 14.6 Å². The Labute approximate surface area is 109 Å². The maximum absolute atomic E-state index is 12.8. The van der Waals surface area contributed by atoms with Crippen molar-refractivity contribution in [2.24, 2.45) is 5.41 Å². The van der Waals surface area contributed by atoms with Crippen LogP contribution in [0, 0.1) is 5.41 Å². The average Bonchev–Trinajstić information content (AvgIpc) is 3.10. The van der Waals surface area contributed by atoms with E-state index in [9.17, 15) is 26.4 Å². The van der Waals surface area contributed by atoms with Gasteiger partial charge in [-0.25, -0.2) is 8.42 Å². The van der Waals surface area contributed by atoms with Crippen molar-refractivity contribution >= 4 is 15.8 Å². The molecule has 0 spiro atoms. The summed E-state index contributed by atoms with van der Waals surface area (Å²) in [6, 6.07) is 0. The highest BCUT2D eigenvalue weighted by atomic mass is 32.2. The summed E-state index contributed by atoms with van der Waals surface area (Å²) in [7, 11) is -4.14. The predicted molar refractivity (Wildman–Crippen MR) is 60.1 cm³/mol. The molecule has 0 heterocycles. The van der Waals surface area contributed by atoms with E-state index in [4.69, 9.17) is 0 Å². The second-order valence-electron chi connectivity index (χ2n) is 5.25. The SMILES string of the molecule is CCOC(=O)C1(S(=O)(=O)CC2(C(F)(F)F)CC2)CC1. The molecular weight excluding hydrogens is 285 g/mol. The van der Waals surface area contributed by atoms with E-state index in [0.29, 0.717) is 0 Å². The van der Waals surface area contributed by atoms with Crippen molar-refractivity contribution in [2.75, 3.05) is 12.4 Å². The summed E-state index contributed by atoms with van der Waals surface area (Å²) in [5, 5.41) is 0. The van der Waals surface area contributed by atoms with Crippen molar-refractivity contribution < 1.29 is 31.1 Å². The third kappa shape index (κ3) is 2.23. The lowest BCUT2D eigenvalue weighted by Crippen LogP contribution is -2.41. The van der Waals surface area contributed by atoms with Gasteiger partial charge in [-0.3, -0.25) is 4.79 Å². The number of carbonyl (C=O) groups is 1. The molecule has 0 aromatic rings. The summed E-state index contributed by atoms with van der Waals surface area (Å²) in [6.07, 6.45) is -4.79. The molecule has 2 aliphatic carbocycles. The minimum absolute atomic E-state index is 0.0144. The number of ether oxygens (including phenoxy) is 1. The van der Waals surface area contributed by atoms with Crippen molar-refractivity contribution in [1.82, 2.24) is 0 Å². The van der Waals surface area contributed by atoms with E-state index in [1.807, 2.05) is 0 Å². The van der Waals surface area contributed by atoms with Crippen LogP contribution in [0.15, 0.2) is 0 Å². The lowest BCUT2D eigenvalue weighted by molar-refractivity contribution is -0.180. The Bertz CT molecular complexity index is 487. The molecule has 0 N–H and O–H groups in total. The van der Waals surface area contributed by atoms with E-state index in [1.54, 1.807) is 0 Å². The normalized spacial score (nSPS) is 23.8. The van der Waals surface area contributed by atoms with Gasteiger partial charge in [0.25, 0.3) is 0 Å². The quantitative estimate of drug-likeness (QED) is 0.727. The van der Waals surface area contributed by atoms with Crippen LogP contribution in [0.1, 0.15) is 32.6 Å². The van der Waals surface area contributed by atoms with E-state index in [2.05, 4.69) is 4.74 Å². The molecule has 8 heteroatoms. The Morgan fingerprint density at radius 2 is 1.74 bits per heavy atom. The van der Waals surface area contributed by atoms with Gasteiger partial charge in [0.2, 0.25) is 0 Å². The van der Waals surface area contributed by atoms with Gasteiger partial charge in [0.05, 0.1) is 17.8 Å². The number of carbonyl (C=O) groups excluding carboxylic acids is 1. The van der Waals surface area contributed by atoms with Crippen LogP contribution >= 0.6 is 0 Å². The summed E-state index contributed by atoms with van der Waals surface area (Å²) in [5.41, 5.74) is -2.14. The van der Waals surface area contributed by atoms with Gasteiger partial charge >= 0.3 is 12.1 Å². The third-order valence-electron chi connectivity index (χ3n) is 3.87. The van der Waals surface area contributed by atoms with Crippen molar-refractivity contribution in [3.05, 3.63) is 0 Å². The summed E-state index contributed by atoms with van der Waals surface area (Å²) >= 11 is 0. The molecule has 0 aliphatic heterocycles. The number of halogens is 3. The van der Waals surface area contributed by atoms with Crippen LogP contribution in [0.5, 0.6) is 0 Å². The number of rotatable bonds is 5. The molecule has 2 saturated carbocycles. The summed E-state index contributed by atoms with van der Waals surface area (Å²) in [4.78, 5) is 11.6. The summed E-state index contributed by atoms with van der Waals surface area (Å²) < 4.78 is 65.6. The van der Waals surface area contributed by atoms with Crippen LogP contribution in [-0.4, -0.2) is 37.7 Å². The zero-order chi connectivity index (χ0) is 14.5. The zero-order valence-corrected chi connectivity index (χ0v) is 11.2. The number of esters is 1. The van der Waals surface area contributed by atoms with Crippen molar-refractivity contribution in [1.29, 1.82) is 0 Å². The molecule has 110 valence electrons. The molecule has 0 unspecified atom stereocenters. The highest BCUT2D eigenvalue weighted by Crippen LogP contribution is 2.60. The van der Waals surface area contributed by atoms with E-state index in [1.165, 1.54) is 6.92 Å². The minimum atomic E-state index is -4.54. The van der Waals surface area contributed by atoms with Crippen LogP contribution in [0.25, 0.3) is 0 Å². The molecule has 0 bridgehead atoms. The summed E-state index contributed by atoms with van der Waals surface area (Å²) in [6.45, 7) is 1.54. The molecule has 0 aromatic heterocycles. The predicted octanol–water partition coefficient (Wildman–Crippen LogP) is 1.84. The van der Waals surface area contributed by atoms with E-state index in [0.717, 1.165) is 0 Å². The van der Waals surface area contributed by atoms with Crippen LogP contribution in [-0.2, 0) is 19.4 Å². The lowest BCUT2D eigenvalue weighted by atomic mass is 10.1. The smallest absolute Gasteiger partial charge is 0.395 e. The van der Waals surface area contributed by atoms with Crippen LogP contribution in [0.3, 0.4) is 0 Å². The van der Waals surface area contributed by atoms with Gasteiger partial charge < -0.3 is 4.74 Å². The Kier molecular flexibility index (Phi) is 3.15. The number of hydrogen-bond donors (Lipinski definition) is 0. The van der Waals surface area contributed by atoms with Gasteiger partial charge in [-0.1, -0.05) is 0 Å². The summed E-state index contributed by atoms with van der Waals surface area (Å²) in [5.74, 6) is -1.91. The van der Waals surface area contributed by atoms with E-state index < -0.39 is 37.9 Å². The Morgan fingerprint density at radius 3 is 2.05 bits per heavy atom. The van der Waals surface area contributed by atoms with Crippen molar-refractivity contribution in [3.8, 4) is 0 Å². The monoisotopic (exact) mass is 300 g/mol. The molecular formula is C11H15F3O4S. The molecule has 0 radical (unpaired) electrons. The number of sulfone groups is 1. The first-order valence-electron chi connectivity index (χ1n) is 6.06. The zero-order valence-electron chi connectivity index (χ0n) is 10.4. The standard InChI is InChI=1S/C11H15F3O4S/c1-2-18-8(15)10(5-6-10)19(16,17)7-9(3-4-9)11(12,13)14/h2-7H2,1H3. The highest BCUT2D eigenvalue weighted by Gasteiger charge is 2.70. The molecule has 0 amide bonds. The first kappa shape index (κ1) is 14.6. The van der Waals surface area contributed by atoms with E-state index in [-0.39, 0.29) is 32.3 Å². The molecule has 19 heavy (non-hydrogen) atoms. The fourth-order valence-electron chi connectivity index (χ4n) is 2.18.